The number of carbonyl (C=O) groups is 4. The first-order chi connectivity index (χ1) is 47.2. The van der Waals surface area contributed by atoms with Gasteiger partial charge in [-0.05, 0) is 49.4 Å². The van der Waals surface area contributed by atoms with Gasteiger partial charge in [-0.2, -0.15) is 0 Å². The van der Waals surface area contributed by atoms with Gasteiger partial charge < -0.3 is 33.8 Å². The van der Waals surface area contributed by atoms with Gasteiger partial charge in [-0.15, -0.1) is 0 Å². The molecule has 0 aromatic carbocycles. The van der Waals surface area contributed by atoms with E-state index < -0.39 is 97.5 Å². The van der Waals surface area contributed by atoms with Crippen LogP contribution in [-0.2, 0) is 65.4 Å². The molecule has 0 aromatic heterocycles. The molecule has 3 N–H and O–H groups in total. The van der Waals surface area contributed by atoms with E-state index in [0.29, 0.717) is 25.7 Å². The Morgan fingerprint density at radius 1 is 0.286 bits per heavy atom. The van der Waals surface area contributed by atoms with Gasteiger partial charge in [-0.25, -0.2) is 9.13 Å². The number of rotatable bonds is 76. The van der Waals surface area contributed by atoms with Crippen LogP contribution in [0.3, 0.4) is 0 Å². The zero-order valence-corrected chi connectivity index (χ0v) is 66.2. The number of phosphoric ester groups is 2. The first kappa shape index (κ1) is 96.1. The molecule has 0 aliphatic carbocycles. The summed E-state index contributed by atoms with van der Waals surface area (Å²) in [6, 6.07) is 0. The number of aliphatic hydroxyl groups excluding tert-OH is 1. The van der Waals surface area contributed by atoms with E-state index in [9.17, 15) is 43.2 Å². The summed E-state index contributed by atoms with van der Waals surface area (Å²) in [5, 5.41) is 10.6. The van der Waals surface area contributed by atoms with E-state index in [4.69, 9.17) is 37.0 Å². The Balaban J connectivity index is 5.25. The third-order valence-electron chi connectivity index (χ3n) is 19.4. The molecule has 0 amide bonds. The molecule has 0 saturated heterocycles. The molecule has 0 fully saturated rings. The van der Waals surface area contributed by atoms with Crippen molar-refractivity contribution in [2.75, 3.05) is 39.6 Å². The van der Waals surface area contributed by atoms with Gasteiger partial charge >= 0.3 is 39.5 Å². The van der Waals surface area contributed by atoms with Gasteiger partial charge in [0.25, 0.3) is 0 Å². The molecule has 0 aliphatic rings. The van der Waals surface area contributed by atoms with Gasteiger partial charge in [-0.3, -0.25) is 37.3 Å². The number of unbranched alkanes of at least 4 members (excludes halogenated alkanes) is 39. The number of ether oxygens (including phenoxy) is 4. The molecule has 0 aromatic rings. The van der Waals surface area contributed by atoms with Crippen LogP contribution in [0.15, 0.2) is 0 Å². The van der Waals surface area contributed by atoms with Crippen molar-refractivity contribution >= 4 is 39.5 Å². The lowest BCUT2D eigenvalue weighted by Crippen LogP contribution is -2.30. The van der Waals surface area contributed by atoms with Crippen LogP contribution in [0.1, 0.15) is 402 Å². The monoisotopic (exact) mass is 1440 g/mol. The third kappa shape index (κ3) is 68.5. The zero-order chi connectivity index (χ0) is 72.4. The summed E-state index contributed by atoms with van der Waals surface area (Å²) in [5.41, 5.74) is 0. The maximum atomic E-state index is 13.1. The zero-order valence-electron chi connectivity index (χ0n) is 64.4. The Morgan fingerprint density at radius 3 is 0.724 bits per heavy atom. The highest BCUT2D eigenvalue weighted by atomic mass is 31.2. The Labute approximate surface area is 600 Å². The largest absolute Gasteiger partial charge is 0.472 e. The van der Waals surface area contributed by atoms with Crippen LogP contribution >= 0.6 is 15.6 Å². The van der Waals surface area contributed by atoms with Gasteiger partial charge in [0.15, 0.2) is 12.2 Å². The van der Waals surface area contributed by atoms with Crippen molar-refractivity contribution in [2.24, 2.45) is 23.7 Å². The van der Waals surface area contributed by atoms with E-state index in [-0.39, 0.29) is 25.7 Å². The third-order valence-corrected chi connectivity index (χ3v) is 21.3. The standard InChI is InChI=1S/C79H154O17P2/c1-9-70(6)56-48-40-32-26-20-16-12-13-17-21-28-34-43-51-59-76(81)89-65-74(95-79(84)62-54-46-36-30-24-23-27-33-41-49-57-71(7)10-2)67-93-97(85,86)91-63-73(80)64-92-98(87,88)94-68-75(66-90-77(82)60-52-44-38-37-42-50-58-72(8)11-3)96-78(83)61-53-45-35-29-22-18-14-15-19-25-31-39-47-55-69(4)5/h69-75,80H,9-68H2,1-8H3,(H,85,86)(H,87,88)/t70?,71?,72?,73-,74-,75-/m1/s1. The van der Waals surface area contributed by atoms with Crippen molar-refractivity contribution in [3.05, 3.63) is 0 Å². The first-order valence-electron chi connectivity index (χ1n) is 40.8. The highest BCUT2D eigenvalue weighted by Crippen LogP contribution is 2.45. The first-order valence-corrected chi connectivity index (χ1v) is 43.8. The van der Waals surface area contributed by atoms with E-state index in [1.807, 2.05) is 0 Å². The van der Waals surface area contributed by atoms with Crippen molar-refractivity contribution in [3.63, 3.8) is 0 Å². The maximum Gasteiger partial charge on any atom is 0.472 e. The highest BCUT2D eigenvalue weighted by Gasteiger charge is 2.30. The topological polar surface area (TPSA) is 237 Å². The van der Waals surface area contributed by atoms with Crippen molar-refractivity contribution in [1.29, 1.82) is 0 Å². The second-order valence-electron chi connectivity index (χ2n) is 29.7. The van der Waals surface area contributed by atoms with Crippen molar-refractivity contribution < 1.29 is 80.2 Å². The molecule has 582 valence electrons. The molecule has 0 aliphatic heterocycles. The molecule has 0 heterocycles. The Morgan fingerprint density at radius 2 is 0.490 bits per heavy atom. The van der Waals surface area contributed by atoms with Crippen molar-refractivity contribution in [3.8, 4) is 0 Å². The van der Waals surface area contributed by atoms with Gasteiger partial charge in [0.1, 0.15) is 19.3 Å². The minimum absolute atomic E-state index is 0.106. The average Bonchev–Trinajstić information content (AvgIpc) is 0.939. The molecule has 0 spiro atoms. The molecule has 0 radical (unpaired) electrons. The van der Waals surface area contributed by atoms with E-state index in [1.54, 1.807) is 0 Å². The van der Waals surface area contributed by atoms with Crippen LogP contribution < -0.4 is 0 Å². The SMILES string of the molecule is CCC(C)CCCCCCCCCCCCCCCCC(=O)OC[C@H](COP(=O)(O)OC[C@@H](O)COP(=O)(O)OC[C@@H](COC(=O)CCCCCCCCC(C)CC)OC(=O)CCCCCCCCCCCCCCCC(C)C)OC(=O)CCCCCCCCCCCCC(C)CC. The molecule has 17 nitrogen and oxygen atoms in total. The van der Waals surface area contributed by atoms with Crippen LogP contribution in [0.25, 0.3) is 0 Å². The number of hydrogen-bond donors (Lipinski definition) is 3. The number of hydrogen-bond acceptors (Lipinski definition) is 15. The summed E-state index contributed by atoms with van der Waals surface area (Å²) >= 11 is 0. The molecular formula is C79H154O17P2. The van der Waals surface area contributed by atoms with Crippen LogP contribution in [0.4, 0.5) is 0 Å². The fraction of sp³-hybridized carbons (Fsp3) is 0.949. The minimum atomic E-state index is -4.96. The second-order valence-corrected chi connectivity index (χ2v) is 32.6. The Kier molecular flexibility index (Phi) is 66.8. The highest BCUT2D eigenvalue weighted by molar-refractivity contribution is 7.47. The van der Waals surface area contributed by atoms with Gasteiger partial charge in [0.05, 0.1) is 26.4 Å². The van der Waals surface area contributed by atoms with Crippen LogP contribution in [0.2, 0.25) is 0 Å². The number of carbonyl (C=O) groups excluding carboxylic acids is 4. The number of aliphatic hydroxyl groups is 1. The molecule has 19 heteroatoms. The number of phosphoric acid groups is 2. The fourth-order valence-electron chi connectivity index (χ4n) is 12.0. The lowest BCUT2D eigenvalue weighted by atomic mass is 9.99. The molecular weight excluding hydrogens is 1280 g/mol. The molecule has 5 unspecified atom stereocenters. The molecule has 98 heavy (non-hydrogen) atoms. The predicted molar refractivity (Wildman–Crippen MR) is 400 cm³/mol. The summed E-state index contributed by atoms with van der Waals surface area (Å²) < 4.78 is 68.7. The lowest BCUT2D eigenvalue weighted by molar-refractivity contribution is -0.161. The summed E-state index contributed by atoms with van der Waals surface area (Å²) in [5.74, 6) is 1.05. The smallest absolute Gasteiger partial charge is 0.462 e. The van der Waals surface area contributed by atoms with E-state index in [2.05, 4.69) is 55.4 Å². The molecule has 8 atom stereocenters. The van der Waals surface area contributed by atoms with E-state index >= 15 is 0 Å². The molecule has 0 bridgehead atoms. The summed E-state index contributed by atoms with van der Waals surface area (Å²) in [7, 11) is -9.92. The molecule has 0 rings (SSSR count). The van der Waals surface area contributed by atoms with Crippen molar-refractivity contribution in [2.45, 2.75) is 420 Å². The summed E-state index contributed by atoms with van der Waals surface area (Å²) in [6.07, 6.45) is 54.0. The fourth-order valence-corrected chi connectivity index (χ4v) is 13.6. The Bertz CT molecular complexity index is 1930. The van der Waals surface area contributed by atoms with Gasteiger partial charge in [0, 0.05) is 25.7 Å². The van der Waals surface area contributed by atoms with Crippen LogP contribution in [-0.4, -0.2) is 96.7 Å². The molecule has 0 saturated carbocycles. The van der Waals surface area contributed by atoms with E-state index in [1.165, 1.54) is 199 Å². The predicted octanol–water partition coefficient (Wildman–Crippen LogP) is 23.2. The van der Waals surface area contributed by atoms with Crippen LogP contribution in [0.5, 0.6) is 0 Å². The lowest BCUT2D eigenvalue weighted by Gasteiger charge is -2.21. The number of esters is 4. The van der Waals surface area contributed by atoms with Gasteiger partial charge in [0.2, 0.25) is 0 Å². The van der Waals surface area contributed by atoms with Gasteiger partial charge in [-0.1, -0.05) is 351 Å². The van der Waals surface area contributed by atoms with E-state index in [0.717, 1.165) is 120 Å². The average molecular weight is 1440 g/mol. The normalized spacial score (nSPS) is 14.9. The second kappa shape index (κ2) is 68.2. The summed E-state index contributed by atoms with van der Waals surface area (Å²) in [4.78, 5) is 73.0. The van der Waals surface area contributed by atoms with Crippen LogP contribution in [0, 0.1) is 23.7 Å². The Hall–Kier alpha value is -1.94. The minimum Gasteiger partial charge on any atom is -0.462 e. The quantitative estimate of drug-likeness (QED) is 0.0222. The maximum absolute atomic E-state index is 13.1. The summed E-state index contributed by atoms with van der Waals surface area (Å²) in [6.45, 7) is 14.3. The van der Waals surface area contributed by atoms with Crippen molar-refractivity contribution in [1.82, 2.24) is 0 Å².